The Bertz CT molecular complexity index is 793. The van der Waals surface area contributed by atoms with Gasteiger partial charge >= 0.3 is 0 Å². The summed E-state index contributed by atoms with van der Waals surface area (Å²) in [5, 5.41) is 3.37. The number of aliphatic imine (C=N–C) groups is 1. The number of rotatable bonds is 1. The second kappa shape index (κ2) is 5.00. The molecule has 4 saturated heterocycles. The summed E-state index contributed by atoms with van der Waals surface area (Å²) in [6.45, 7) is 5.59. The minimum Gasteiger partial charge on any atom is -0.300 e. The summed E-state index contributed by atoms with van der Waals surface area (Å²) in [6.07, 6.45) is 3.36. The molecule has 6 heterocycles. The highest BCUT2D eigenvalue weighted by Gasteiger charge is 2.52. The van der Waals surface area contributed by atoms with Crippen molar-refractivity contribution in [1.82, 2.24) is 15.4 Å². The molecule has 4 aliphatic heterocycles. The maximum Gasteiger partial charge on any atom is 0.155 e. The maximum absolute atomic E-state index is 6.04. The monoisotopic (exact) mass is 328 g/mol. The molecule has 2 aromatic rings. The highest BCUT2D eigenvalue weighted by molar-refractivity contribution is 7.16. The van der Waals surface area contributed by atoms with Gasteiger partial charge in [0.25, 0.3) is 0 Å². The Morgan fingerprint density at radius 1 is 1.39 bits per heavy atom. The third-order valence-corrected chi connectivity index (χ3v) is 6.53. The lowest BCUT2D eigenvalue weighted by atomic mass is 9.74. The molecule has 0 saturated carbocycles. The van der Waals surface area contributed by atoms with E-state index >= 15 is 0 Å². The van der Waals surface area contributed by atoms with Gasteiger partial charge in [-0.2, -0.15) is 0 Å². The average molecular weight is 328 g/mol. The summed E-state index contributed by atoms with van der Waals surface area (Å²) in [7, 11) is 0. The molecule has 4 aliphatic rings. The molecule has 2 aromatic heterocycles. The Labute approximate surface area is 139 Å². The number of aryl methyl sites for hydroxylation is 1. The van der Waals surface area contributed by atoms with Gasteiger partial charge in [0, 0.05) is 18.4 Å². The van der Waals surface area contributed by atoms with Crippen LogP contribution in [0.15, 0.2) is 22.5 Å². The number of aromatic nitrogens is 1. The number of hydrogen-bond acceptors (Lipinski definition) is 5. The number of hydroxylamine groups is 1. The molecule has 0 aromatic carbocycles. The molecule has 0 radical (unpaired) electrons. The van der Waals surface area contributed by atoms with Crippen molar-refractivity contribution in [3.63, 3.8) is 0 Å². The molecule has 4 fully saturated rings. The van der Waals surface area contributed by atoms with Crippen LogP contribution in [0.5, 0.6) is 0 Å². The van der Waals surface area contributed by atoms with E-state index in [1.165, 1.54) is 36.9 Å². The van der Waals surface area contributed by atoms with Gasteiger partial charge in [-0.25, -0.2) is 9.98 Å². The van der Waals surface area contributed by atoms with E-state index in [0.717, 1.165) is 29.4 Å². The number of nitrogens with one attached hydrogen (secondary N) is 1. The van der Waals surface area contributed by atoms with Gasteiger partial charge in [0.1, 0.15) is 16.3 Å². The molecule has 1 atom stereocenters. The van der Waals surface area contributed by atoms with Crippen LogP contribution in [-0.2, 0) is 4.84 Å². The number of thiophene rings is 1. The maximum atomic E-state index is 6.04. The first-order chi connectivity index (χ1) is 11.2. The van der Waals surface area contributed by atoms with Gasteiger partial charge in [-0.15, -0.1) is 11.3 Å². The van der Waals surface area contributed by atoms with Crippen molar-refractivity contribution in [2.24, 2.45) is 10.9 Å². The molecular formula is C17H20N4OS. The zero-order valence-electron chi connectivity index (χ0n) is 13.2. The van der Waals surface area contributed by atoms with Gasteiger partial charge < -0.3 is 4.90 Å². The summed E-state index contributed by atoms with van der Waals surface area (Å²) >= 11 is 1.68. The second-order valence-electron chi connectivity index (χ2n) is 7.00. The van der Waals surface area contributed by atoms with E-state index in [4.69, 9.17) is 9.83 Å². The van der Waals surface area contributed by atoms with E-state index in [2.05, 4.69) is 33.7 Å². The van der Waals surface area contributed by atoms with Crippen molar-refractivity contribution in [3.8, 4) is 0 Å². The molecule has 0 aliphatic carbocycles. The minimum atomic E-state index is -0.0705. The highest BCUT2D eigenvalue weighted by atomic mass is 32.1. The topological polar surface area (TPSA) is 49.8 Å². The van der Waals surface area contributed by atoms with Gasteiger partial charge in [-0.05, 0) is 61.8 Å². The Hall–Kier alpha value is -1.50. The molecule has 1 N–H and O–H groups in total. The first-order valence-corrected chi connectivity index (χ1v) is 9.19. The Balaban J connectivity index is 1.42. The second-order valence-corrected chi connectivity index (χ2v) is 7.85. The van der Waals surface area contributed by atoms with Crippen molar-refractivity contribution in [3.05, 3.63) is 23.1 Å². The molecule has 6 rings (SSSR count). The third-order valence-electron chi connectivity index (χ3n) is 5.53. The van der Waals surface area contributed by atoms with Crippen molar-refractivity contribution in [1.29, 1.82) is 0 Å². The number of hydrogen-bond donors (Lipinski definition) is 1. The number of fused-ring (bicyclic) bond motifs is 3. The summed E-state index contributed by atoms with van der Waals surface area (Å²) < 4.78 is 0. The van der Waals surface area contributed by atoms with Gasteiger partial charge in [0.05, 0.1) is 0 Å². The molecule has 0 amide bonds. The van der Waals surface area contributed by atoms with Crippen LogP contribution >= 0.6 is 11.3 Å². The minimum absolute atomic E-state index is 0.0705. The van der Waals surface area contributed by atoms with Crippen LogP contribution in [0, 0.1) is 12.8 Å². The van der Waals surface area contributed by atoms with Crippen molar-refractivity contribution in [2.75, 3.05) is 19.6 Å². The van der Waals surface area contributed by atoms with Crippen molar-refractivity contribution < 1.29 is 4.84 Å². The van der Waals surface area contributed by atoms with Crippen LogP contribution in [0.25, 0.3) is 10.2 Å². The van der Waals surface area contributed by atoms with Crippen LogP contribution in [-0.4, -0.2) is 41.0 Å². The lowest BCUT2D eigenvalue weighted by molar-refractivity contribution is -0.150. The normalized spacial score (nSPS) is 34.6. The van der Waals surface area contributed by atoms with Crippen molar-refractivity contribution in [2.45, 2.75) is 31.8 Å². The predicted molar refractivity (Wildman–Crippen MR) is 92.2 cm³/mol. The fraction of sp³-hybridized carbons (Fsp3) is 0.529. The molecular weight excluding hydrogens is 308 g/mol. The summed E-state index contributed by atoms with van der Waals surface area (Å²) in [5.41, 5.74) is 4.30. The fourth-order valence-electron chi connectivity index (χ4n) is 4.25. The van der Waals surface area contributed by atoms with Crippen LogP contribution in [0.4, 0.5) is 5.82 Å². The van der Waals surface area contributed by atoms with Gasteiger partial charge in [0.2, 0.25) is 0 Å². The van der Waals surface area contributed by atoms with E-state index in [0.29, 0.717) is 5.92 Å². The SMILES string of the molecule is Cc1csc2nc(N=C3CC4(CN5CCC4CC5)ON3)ccc12. The van der Waals surface area contributed by atoms with E-state index in [9.17, 15) is 0 Å². The van der Waals surface area contributed by atoms with Crippen LogP contribution in [0.2, 0.25) is 0 Å². The molecule has 2 bridgehead atoms. The zero-order chi connectivity index (χ0) is 15.4. The summed E-state index contributed by atoms with van der Waals surface area (Å²) in [6, 6.07) is 4.12. The quantitative estimate of drug-likeness (QED) is 0.874. The number of amidine groups is 1. The molecule has 1 spiro atoms. The van der Waals surface area contributed by atoms with Gasteiger partial charge in [0.15, 0.2) is 5.82 Å². The number of piperidine rings is 3. The average Bonchev–Trinajstić information content (AvgIpc) is 3.13. The zero-order valence-corrected chi connectivity index (χ0v) is 14.0. The Morgan fingerprint density at radius 3 is 3.04 bits per heavy atom. The van der Waals surface area contributed by atoms with E-state index in [1.807, 2.05) is 6.07 Å². The molecule has 120 valence electrons. The molecule has 23 heavy (non-hydrogen) atoms. The van der Waals surface area contributed by atoms with Gasteiger partial charge in [-0.3, -0.25) is 10.3 Å². The van der Waals surface area contributed by atoms with Gasteiger partial charge in [-0.1, -0.05) is 0 Å². The standard InChI is InChI=1S/C17H20N4OS/c1-11-9-23-16-13(11)2-3-14(19-16)18-15-8-17(22-20-15)10-21-6-4-12(17)5-7-21/h2-3,9,12H,4-8,10H2,1H3,(H,18,19,20). The number of nitrogens with zero attached hydrogens (tertiary/aromatic N) is 3. The molecule has 6 heteroatoms. The van der Waals surface area contributed by atoms with E-state index in [1.54, 1.807) is 11.3 Å². The third kappa shape index (κ3) is 2.20. The van der Waals surface area contributed by atoms with Crippen LogP contribution in [0.3, 0.4) is 0 Å². The van der Waals surface area contributed by atoms with Crippen molar-refractivity contribution >= 4 is 33.2 Å². The molecule has 1 unspecified atom stereocenters. The first kappa shape index (κ1) is 13.9. The van der Waals surface area contributed by atoms with E-state index in [-0.39, 0.29) is 5.60 Å². The largest absolute Gasteiger partial charge is 0.300 e. The van der Waals surface area contributed by atoms with Crippen LogP contribution < -0.4 is 5.48 Å². The van der Waals surface area contributed by atoms with E-state index < -0.39 is 0 Å². The molecule has 5 nitrogen and oxygen atoms in total. The Morgan fingerprint density at radius 2 is 2.26 bits per heavy atom. The van der Waals surface area contributed by atoms with Crippen LogP contribution in [0.1, 0.15) is 24.8 Å². The fourth-order valence-corrected chi connectivity index (χ4v) is 5.17. The highest BCUT2D eigenvalue weighted by Crippen LogP contribution is 2.42. The lowest BCUT2D eigenvalue weighted by Crippen LogP contribution is -2.59. The first-order valence-electron chi connectivity index (χ1n) is 8.31. The predicted octanol–water partition coefficient (Wildman–Crippen LogP) is 3.02. The summed E-state index contributed by atoms with van der Waals surface area (Å²) in [4.78, 5) is 19.0. The summed E-state index contributed by atoms with van der Waals surface area (Å²) in [5.74, 6) is 2.34. The smallest absolute Gasteiger partial charge is 0.155 e. The lowest BCUT2D eigenvalue weighted by Gasteiger charge is -2.49. The number of pyridine rings is 1. The Kier molecular flexibility index (Phi) is 3.02.